The van der Waals surface area contributed by atoms with Crippen molar-refractivity contribution in [3.05, 3.63) is 194 Å². The number of hydrogen-bond acceptors (Lipinski definition) is 2. The highest BCUT2D eigenvalue weighted by molar-refractivity contribution is 7.26. The Morgan fingerprint density at radius 1 is 0.426 bits per heavy atom. The van der Waals surface area contributed by atoms with Gasteiger partial charge in [0.25, 0.3) is 0 Å². The molecule has 2 heterocycles. The second kappa shape index (κ2) is 12.4. The summed E-state index contributed by atoms with van der Waals surface area (Å²) in [5.41, 5.74) is 7.00. The first kappa shape index (κ1) is 22.4. The summed E-state index contributed by atoms with van der Waals surface area (Å²) in [4.78, 5) is 0. The molecule has 11 rings (SSSR count). The third-order valence-electron chi connectivity index (χ3n) is 10.2. The van der Waals surface area contributed by atoms with E-state index in [1.54, 1.807) is 17.4 Å². The largest absolute Gasteiger partial charge is 0.456 e. The van der Waals surface area contributed by atoms with Gasteiger partial charge in [0.2, 0.25) is 0 Å². The van der Waals surface area contributed by atoms with Crippen LogP contribution in [0.25, 0.3) is 109 Å². The summed E-state index contributed by atoms with van der Waals surface area (Å²) in [6, 6.07) is 40.5. The molecule has 0 aliphatic heterocycles. The molecule has 54 heavy (non-hydrogen) atoms. The van der Waals surface area contributed by atoms with Gasteiger partial charge in [-0.1, -0.05) is 164 Å². The van der Waals surface area contributed by atoms with Crippen LogP contribution >= 0.6 is 11.3 Å². The minimum Gasteiger partial charge on any atom is -0.456 e. The predicted molar refractivity (Wildman–Crippen MR) is 231 cm³/mol. The van der Waals surface area contributed by atoms with E-state index in [1.165, 1.54) is 0 Å². The van der Waals surface area contributed by atoms with E-state index in [-0.39, 0.29) is 53.1 Å². The van der Waals surface area contributed by atoms with E-state index in [1.807, 2.05) is 97.1 Å². The zero-order chi connectivity index (χ0) is 44.3. The molecule has 1 nitrogen and oxygen atoms in total. The fourth-order valence-corrected chi connectivity index (χ4v) is 9.29. The lowest BCUT2D eigenvalue weighted by molar-refractivity contribution is 0.631. The third kappa shape index (κ3) is 4.85. The van der Waals surface area contributed by atoms with Crippen molar-refractivity contribution in [2.45, 2.75) is 0 Å². The van der Waals surface area contributed by atoms with E-state index in [0.717, 1.165) is 75.1 Å². The molecule has 0 spiro atoms. The number of thiophene rings is 1. The van der Waals surface area contributed by atoms with Crippen LogP contribution in [0.3, 0.4) is 0 Å². The molecule has 0 aliphatic rings. The van der Waals surface area contributed by atoms with Crippen LogP contribution in [-0.2, 0) is 0 Å². The Balaban J connectivity index is 1.25. The Bertz CT molecular complexity index is 3680. The molecular weight excluding hydrogens is 673 g/mol. The zero-order valence-corrected chi connectivity index (χ0v) is 29.3. The van der Waals surface area contributed by atoms with Gasteiger partial charge in [-0.15, -0.1) is 11.3 Å². The molecule has 0 saturated heterocycles. The van der Waals surface area contributed by atoms with Gasteiger partial charge in [-0.25, -0.2) is 0 Å². The van der Waals surface area contributed by atoms with Gasteiger partial charge in [0, 0.05) is 36.7 Å². The topological polar surface area (TPSA) is 13.1 Å². The zero-order valence-electron chi connectivity index (χ0n) is 38.5. The molecular formula is C52H32OS. The quantitative estimate of drug-likeness (QED) is 0.162. The van der Waals surface area contributed by atoms with Gasteiger partial charge in [-0.3, -0.25) is 0 Å². The van der Waals surface area contributed by atoms with Gasteiger partial charge in [0.05, 0.1) is 13.7 Å². The van der Waals surface area contributed by atoms with E-state index < -0.39 is 24.2 Å². The molecule has 2 aromatic heterocycles. The fourth-order valence-electron chi connectivity index (χ4n) is 7.99. The van der Waals surface area contributed by atoms with Gasteiger partial charge < -0.3 is 4.42 Å². The van der Waals surface area contributed by atoms with E-state index in [9.17, 15) is 0 Å². The first-order valence-corrected chi connectivity index (χ1v) is 18.4. The van der Waals surface area contributed by atoms with Crippen molar-refractivity contribution in [1.29, 1.82) is 0 Å². The van der Waals surface area contributed by atoms with Crippen molar-refractivity contribution in [2.75, 3.05) is 0 Å². The Labute approximate surface area is 331 Å². The van der Waals surface area contributed by atoms with Crippen LogP contribution in [0.5, 0.6) is 0 Å². The van der Waals surface area contributed by atoms with Gasteiger partial charge in [-0.2, -0.15) is 0 Å². The number of rotatable bonds is 5. The average Bonchev–Trinajstić information content (AvgIpc) is 3.93. The van der Waals surface area contributed by atoms with Crippen molar-refractivity contribution >= 4 is 64.0 Å². The summed E-state index contributed by atoms with van der Waals surface area (Å²) < 4.78 is 93.9. The second-order valence-corrected chi connectivity index (χ2v) is 14.3. The van der Waals surface area contributed by atoms with Crippen molar-refractivity contribution in [2.24, 2.45) is 0 Å². The number of hydrogen-bond donors (Lipinski definition) is 0. The Hall–Kier alpha value is -6.74. The van der Waals surface area contributed by atoms with E-state index in [0.29, 0.717) is 16.5 Å². The van der Waals surface area contributed by atoms with E-state index in [4.69, 9.17) is 18.1 Å². The maximum Gasteiger partial charge on any atom is 0.135 e. The highest BCUT2D eigenvalue weighted by atomic mass is 32.1. The van der Waals surface area contributed by atoms with Gasteiger partial charge in [0.15, 0.2) is 0 Å². The average molecular weight is 715 g/mol. The lowest BCUT2D eigenvalue weighted by Gasteiger charge is -2.21. The Morgan fingerprint density at radius 2 is 1.02 bits per heavy atom. The molecule has 11 aromatic rings. The van der Waals surface area contributed by atoms with Crippen LogP contribution in [0.1, 0.15) is 13.7 Å². The normalized spacial score (nSPS) is 14.3. The minimum atomic E-state index is -0.465. The van der Waals surface area contributed by atoms with Gasteiger partial charge in [-0.05, 0) is 90.8 Å². The van der Waals surface area contributed by atoms with Crippen molar-refractivity contribution in [3.63, 3.8) is 0 Å². The van der Waals surface area contributed by atoms with E-state index >= 15 is 0 Å². The maximum atomic E-state index is 9.07. The molecule has 0 unspecified atom stereocenters. The number of benzene rings is 9. The molecule has 0 saturated carbocycles. The maximum absolute atomic E-state index is 9.07. The molecule has 0 N–H and O–H groups in total. The highest BCUT2D eigenvalue weighted by Gasteiger charge is 2.24. The number of furan rings is 1. The van der Waals surface area contributed by atoms with E-state index in [2.05, 4.69) is 30.3 Å². The lowest BCUT2D eigenvalue weighted by Crippen LogP contribution is -1.93. The third-order valence-corrected chi connectivity index (χ3v) is 11.4. The molecule has 0 fully saturated rings. The van der Waals surface area contributed by atoms with Crippen LogP contribution in [0, 0.1) is 0 Å². The van der Waals surface area contributed by atoms with Crippen LogP contribution < -0.4 is 0 Å². The van der Waals surface area contributed by atoms with Gasteiger partial charge >= 0.3 is 0 Å². The molecule has 252 valence electrons. The van der Waals surface area contributed by atoms with Crippen molar-refractivity contribution < 1.29 is 18.1 Å². The first-order valence-electron chi connectivity index (χ1n) is 22.6. The first-order chi connectivity index (χ1) is 30.9. The summed E-state index contributed by atoms with van der Waals surface area (Å²) in [5, 5.41) is 6.05. The minimum absolute atomic E-state index is 0.00187. The van der Waals surface area contributed by atoms with Crippen molar-refractivity contribution in [1.82, 2.24) is 0 Å². The monoisotopic (exact) mass is 714 g/mol. The van der Waals surface area contributed by atoms with Crippen LogP contribution in [0.15, 0.2) is 198 Å². The Kier molecular flexibility index (Phi) is 5.15. The van der Waals surface area contributed by atoms with Crippen LogP contribution in [0.2, 0.25) is 0 Å². The summed E-state index contributed by atoms with van der Waals surface area (Å²) in [6.07, 6.45) is 0. The number of fused-ring (bicyclic) bond motifs is 6. The molecule has 0 atom stereocenters. The van der Waals surface area contributed by atoms with Crippen LogP contribution in [-0.4, -0.2) is 0 Å². The molecule has 0 bridgehead atoms. The predicted octanol–water partition coefficient (Wildman–Crippen LogP) is 15.4. The summed E-state index contributed by atoms with van der Waals surface area (Å²) in [6.45, 7) is 0. The molecule has 2 heteroatoms. The second-order valence-electron chi connectivity index (χ2n) is 13.2. The van der Waals surface area contributed by atoms with Crippen molar-refractivity contribution in [3.8, 4) is 55.8 Å². The van der Waals surface area contributed by atoms with Crippen LogP contribution in [0.4, 0.5) is 0 Å². The fraction of sp³-hybridized carbons (Fsp3) is 0. The standard InChI is InChI=1S/C52H32OS/c1-4-16-33(17-5-1)43-32-44(50-40-24-12-10-22-38(40)48(35-20-8-3-9-21-35)39-23-11-13-25-41(39)50)51-42-26-14-15-27-47(42)54-52(51)49(43)36-28-29-45-37(30-36)31-46(53-45)34-18-6-2-7-19-34/h1-32H/i2D,3D,6D,7D,8D,9D,18D,19D,20D,21D. The summed E-state index contributed by atoms with van der Waals surface area (Å²) in [7, 11) is 0. The summed E-state index contributed by atoms with van der Waals surface area (Å²) in [5.74, 6) is 0.181. The molecule has 0 radical (unpaired) electrons. The molecule has 9 aromatic carbocycles. The Morgan fingerprint density at radius 3 is 1.70 bits per heavy atom. The lowest BCUT2D eigenvalue weighted by atomic mass is 9.82. The molecule has 0 amide bonds. The van der Waals surface area contributed by atoms with Gasteiger partial charge in [0.1, 0.15) is 11.3 Å². The SMILES string of the molecule is [2H]c1c([2H])c([2H])c(-c2cc3cc(-c4c(-c5ccccc5)cc(-c5c6ccccc6c(-c6c([2H])c([2H])c([2H])c([2H])c6[2H])c6ccccc56)c5c4sc4ccccc45)ccc3o2)c([2H])c1[2H]. The molecule has 0 aliphatic carbocycles. The summed E-state index contributed by atoms with van der Waals surface area (Å²) >= 11 is 1.69. The smallest absolute Gasteiger partial charge is 0.135 e. The highest BCUT2D eigenvalue weighted by Crippen LogP contribution is 2.53.